The van der Waals surface area contributed by atoms with Crippen LogP contribution in [0.1, 0.15) is 43.4 Å². The van der Waals surface area contributed by atoms with E-state index < -0.39 is 0 Å². The second-order valence-corrected chi connectivity index (χ2v) is 7.67. The van der Waals surface area contributed by atoms with Crippen LogP contribution in [0.15, 0.2) is 24.5 Å². The molecule has 5 rings (SSSR count). The second kappa shape index (κ2) is 6.37. The molecule has 0 amide bonds. The molecule has 1 saturated carbocycles. The van der Waals surface area contributed by atoms with Crippen molar-refractivity contribution in [2.24, 2.45) is 11.8 Å². The van der Waals surface area contributed by atoms with Gasteiger partial charge in [-0.1, -0.05) is 19.3 Å². The van der Waals surface area contributed by atoms with E-state index >= 15 is 0 Å². The Balaban J connectivity index is 1.51. The van der Waals surface area contributed by atoms with Crippen LogP contribution >= 0.6 is 0 Å². The minimum absolute atomic E-state index is 0.839. The quantitative estimate of drug-likeness (QED) is 0.914. The summed E-state index contributed by atoms with van der Waals surface area (Å²) < 4.78 is 0. The molecule has 3 aliphatic rings. The summed E-state index contributed by atoms with van der Waals surface area (Å²) in [5.74, 6) is 3.81. The van der Waals surface area contributed by atoms with E-state index in [1.165, 1.54) is 55.7 Å². The van der Waals surface area contributed by atoms with Crippen LogP contribution in [-0.4, -0.2) is 28.0 Å². The maximum Gasteiger partial charge on any atom is 0.161 e. The van der Waals surface area contributed by atoms with Gasteiger partial charge in [0.2, 0.25) is 0 Å². The van der Waals surface area contributed by atoms with Crippen molar-refractivity contribution < 1.29 is 0 Å². The summed E-state index contributed by atoms with van der Waals surface area (Å²) in [6.07, 6.45) is 10.6. The fraction of sp³-hybridized carbons (Fsp3) is 0.550. The highest BCUT2D eigenvalue weighted by atomic mass is 15.2. The lowest BCUT2D eigenvalue weighted by atomic mass is 9.75. The highest BCUT2D eigenvalue weighted by molar-refractivity contribution is 5.61. The first-order valence-electron chi connectivity index (χ1n) is 9.64. The Morgan fingerprint density at radius 2 is 1.80 bits per heavy atom. The second-order valence-electron chi connectivity index (χ2n) is 7.67. The molecule has 25 heavy (non-hydrogen) atoms. The summed E-state index contributed by atoms with van der Waals surface area (Å²) in [5, 5.41) is 3.46. The van der Waals surface area contributed by atoms with E-state index in [4.69, 9.17) is 9.97 Å². The summed E-state index contributed by atoms with van der Waals surface area (Å²) in [7, 11) is 0. The first-order chi connectivity index (χ1) is 12.4. The van der Waals surface area contributed by atoms with Crippen LogP contribution in [0.5, 0.6) is 0 Å². The van der Waals surface area contributed by atoms with Crippen LogP contribution in [0.3, 0.4) is 0 Å². The van der Waals surface area contributed by atoms with Gasteiger partial charge in [0.15, 0.2) is 5.82 Å². The third-order valence-corrected chi connectivity index (χ3v) is 6.19. The van der Waals surface area contributed by atoms with Crippen molar-refractivity contribution in [3.8, 4) is 11.4 Å². The average Bonchev–Trinajstić information content (AvgIpc) is 3.16. The fourth-order valence-electron chi connectivity index (χ4n) is 4.84. The number of nitrogens with zero attached hydrogens (tertiary/aromatic N) is 4. The molecular formula is C20H25N5. The smallest absolute Gasteiger partial charge is 0.161 e. The predicted molar refractivity (Wildman–Crippen MR) is 98.1 cm³/mol. The van der Waals surface area contributed by atoms with E-state index in [2.05, 4.69) is 15.2 Å². The number of nitrogens with one attached hydrogen (secondary N) is 1. The molecule has 2 fully saturated rings. The van der Waals surface area contributed by atoms with Crippen LogP contribution in [0, 0.1) is 11.8 Å². The molecule has 0 aromatic carbocycles. The molecule has 2 atom stereocenters. The molecule has 2 aromatic heterocycles. The summed E-state index contributed by atoms with van der Waals surface area (Å²) >= 11 is 0. The number of anilines is 1. The van der Waals surface area contributed by atoms with Gasteiger partial charge in [-0.15, -0.1) is 0 Å². The van der Waals surface area contributed by atoms with Gasteiger partial charge < -0.3 is 10.2 Å². The summed E-state index contributed by atoms with van der Waals surface area (Å²) in [5.41, 5.74) is 3.54. The highest BCUT2D eigenvalue weighted by Gasteiger charge is 2.33. The standard InChI is InChI=1S/C20H25N5/c1-2-4-16-13-25(10-7-14(16)3-1)20-17-11-22-12-18(17)23-19(24-20)15-5-8-21-9-6-15/h5-6,8-9,14,16,22H,1-4,7,10-13H2/t14-,16+/m1/s1. The average molecular weight is 335 g/mol. The Morgan fingerprint density at radius 3 is 2.68 bits per heavy atom. The molecule has 0 spiro atoms. The molecule has 1 aliphatic carbocycles. The number of hydrogen-bond donors (Lipinski definition) is 1. The largest absolute Gasteiger partial charge is 0.356 e. The number of aromatic nitrogens is 3. The topological polar surface area (TPSA) is 53.9 Å². The minimum Gasteiger partial charge on any atom is -0.356 e. The molecule has 4 heterocycles. The van der Waals surface area contributed by atoms with Gasteiger partial charge in [-0.25, -0.2) is 9.97 Å². The lowest BCUT2D eigenvalue weighted by Crippen LogP contribution is -2.42. The summed E-state index contributed by atoms with van der Waals surface area (Å²) in [6.45, 7) is 4.05. The zero-order valence-corrected chi connectivity index (χ0v) is 14.6. The van der Waals surface area contributed by atoms with Crippen LogP contribution in [0.4, 0.5) is 5.82 Å². The molecule has 0 bridgehead atoms. The van der Waals surface area contributed by atoms with Crippen LogP contribution in [-0.2, 0) is 13.1 Å². The molecule has 0 radical (unpaired) electrons. The van der Waals surface area contributed by atoms with E-state index in [0.717, 1.165) is 42.9 Å². The first-order valence-corrected chi connectivity index (χ1v) is 9.64. The van der Waals surface area contributed by atoms with Gasteiger partial charge >= 0.3 is 0 Å². The van der Waals surface area contributed by atoms with Gasteiger partial charge in [0.25, 0.3) is 0 Å². The third-order valence-electron chi connectivity index (χ3n) is 6.19. The van der Waals surface area contributed by atoms with E-state index in [1.54, 1.807) is 0 Å². The third kappa shape index (κ3) is 2.80. The zero-order chi connectivity index (χ0) is 16.6. The van der Waals surface area contributed by atoms with E-state index in [9.17, 15) is 0 Å². The summed E-state index contributed by atoms with van der Waals surface area (Å²) in [6, 6.07) is 4.00. The van der Waals surface area contributed by atoms with Crippen LogP contribution < -0.4 is 10.2 Å². The van der Waals surface area contributed by atoms with E-state index in [1.807, 2.05) is 24.5 Å². The monoisotopic (exact) mass is 335 g/mol. The van der Waals surface area contributed by atoms with Crippen molar-refractivity contribution in [2.45, 2.75) is 45.2 Å². The Morgan fingerprint density at radius 1 is 0.960 bits per heavy atom. The Hall–Kier alpha value is -2.01. The number of rotatable bonds is 2. The van der Waals surface area contributed by atoms with Gasteiger partial charge in [-0.2, -0.15) is 0 Å². The molecule has 2 aromatic rings. The van der Waals surface area contributed by atoms with Crippen LogP contribution in [0.2, 0.25) is 0 Å². The molecule has 5 nitrogen and oxygen atoms in total. The number of fused-ring (bicyclic) bond motifs is 2. The first kappa shape index (κ1) is 15.3. The van der Waals surface area contributed by atoms with Gasteiger partial charge in [0.1, 0.15) is 5.82 Å². The number of piperidine rings is 1. The molecular weight excluding hydrogens is 310 g/mol. The molecule has 2 aliphatic heterocycles. The highest BCUT2D eigenvalue weighted by Crippen LogP contribution is 2.38. The Kier molecular flexibility index (Phi) is 3.89. The molecule has 130 valence electrons. The van der Waals surface area contributed by atoms with E-state index in [-0.39, 0.29) is 0 Å². The molecule has 1 saturated heterocycles. The molecule has 0 unspecified atom stereocenters. The van der Waals surface area contributed by atoms with Crippen molar-refractivity contribution in [3.63, 3.8) is 0 Å². The Labute approximate surface area is 148 Å². The van der Waals surface area contributed by atoms with Gasteiger partial charge in [-0.05, 0) is 36.8 Å². The van der Waals surface area contributed by atoms with Crippen molar-refractivity contribution in [2.75, 3.05) is 18.0 Å². The lowest BCUT2D eigenvalue weighted by molar-refractivity contribution is 0.202. The van der Waals surface area contributed by atoms with Crippen molar-refractivity contribution in [1.29, 1.82) is 0 Å². The SMILES string of the molecule is c1cc(-c2nc3c(c(N4CC[C@H]5CCCC[C@H]5C4)n2)CNC3)ccn1. The molecule has 1 N–H and O–H groups in total. The zero-order valence-electron chi connectivity index (χ0n) is 14.6. The number of pyridine rings is 1. The van der Waals surface area contributed by atoms with Crippen LogP contribution in [0.25, 0.3) is 11.4 Å². The normalized spacial score (nSPS) is 25.5. The van der Waals surface area contributed by atoms with Crippen molar-refractivity contribution in [3.05, 3.63) is 35.8 Å². The number of hydrogen-bond acceptors (Lipinski definition) is 5. The minimum atomic E-state index is 0.839. The van der Waals surface area contributed by atoms with Crippen molar-refractivity contribution in [1.82, 2.24) is 20.3 Å². The van der Waals surface area contributed by atoms with E-state index in [0.29, 0.717) is 0 Å². The fourth-order valence-corrected chi connectivity index (χ4v) is 4.84. The van der Waals surface area contributed by atoms with Gasteiger partial charge in [0, 0.05) is 49.7 Å². The summed E-state index contributed by atoms with van der Waals surface area (Å²) in [4.78, 5) is 16.5. The van der Waals surface area contributed by atoms with Gasteiger partial charge in [0.05, 0.1) is 5.69 Å². The lowest BCUT2D eigenvalue weighted by Gasteiger charge is -2.42. The maximum atomic E-state index is 5.02. The maximum absolute atomic E-state index is 5.02. The van der Waals surface area contributed by atoms with Gasteiger partial charge in [-0.3, -0.25) is 4.98 Å². The predicted octanol–water partition coefficient (Wildman–Crippen LogP) is 3.16. The Bertz CT molecular complexity index is 760. The van der Waals surface area contributed by atoms with Crippen molar-refractivity contribution >= 4 is 5.82 Å². The molecule has 5 heteroatoms.